The Bertz CT molecular complexity index is 1540. The smallest absolute Gasteiger partial charge is 0.289 e. The van der Waals surface area contributed by atoms with Gasteiger partial charge in [-0.25, -0.2) is 0 Å². The van der Waals surface area contributed by atoms with Crippen molar-refractivity contribution in [1.82, 2.24) is 25.0 Å². The van der Waals surface area contributed by atoms with E-state index in [4.69, 9.17) is 8.57 Å². The number of hydrogen-bond acceptors (Lipinski definition) is 6. The Kier molecular flexibility index (Phi) is 6.85. The van der Waals surface area contributed by atoms with Gasteiger partial charge in [0.2, 0.25) is 17.5 Å². The van der Waals surface area contributed by atoms with E-state index in [1.807, 2.05) is 33.8 Å². The first-order chi connectivity index (χ1) is 20.5. The summed E-state index contributed by atoms with van der Waals surface area (Å²) in [6, 6.07) is 5.18. The highest BCUT2D eigenvalue weighted by Crippen LogP contribution is 2.51. The van der Waals surface area contributed by atoms with Crippen molar-refractivity contribution in [1.29, 1.82) is 0 Å². The van der Waals surface area contributed by atoms with E-state index < -0.39 is 41.5 Å². The van der Waals surface area contributed by atoms with Crippen LogP contribution in [0.5, 0.6) is 0 Å². The molecule has 1 aromatic heterocycles. The molecule has 0 saturated carbocycles. The van der Waals surface area contributed by atoms with Gasteiger partial charge in [0.25, 0.3) is 11.8 Å². The lowest BCUT2D eigenvalue weighted by Crippen LogP contribution is -2.71. The van der Waals surface area contributed by atoms with Crippen LogP contribution in [-0.4, -0.2) is 87.3 Å². The Morgan fingerprint density at radius 3 is 2.77 bits per heavy atom. The molecule has 0 spiro atoms. The number of nitrogens with one attached hydrogen (secondary N) is 2. The molecule has 10 nitrogen and oxygen atoms in total. The number of halogens is 1. The summed E-state index contributed by atoms with van der Waals surface area (Å²) >= 11 is 3.21. The van der Waals surface area contributed by atoms with Crippen LogP contribution in [0.2, 0.25) is 0 Å². The lowest BCUT2D eigenvalue weighted by Gasteiger charge is -2.50. The van der Waals surface area contributed by atoms with Crippen molar-refractivity contribution in [2.45, 2.75) is 83.1 Å². The minimum Gasteiger partial charge on any atom is -0.361 e. The number of benzene rings is 1. The number of aromatic amines is 1. The number of rotatable bonds is 6. The molecule has 7 rings (SSSR count). The van der Waals surface area contributed by atoms with Gasteiger partial charge in [-0.05, 0) is 61.4 Å². The Morgan fingerprint density at radius 1 is 1.26 bits per heavy atom. The highest BCUT2D eigenvalue weighted by Gasteiger charge is 2.73. The van der Waals surface area contributed by atoms with E-state index in [0.29, 0.717) is 25.9 Å². The van der Waals surface area contributed by atoms with Gasteiger partial charge in [0.05, 0.1) is 5.92 Å². The molecule has 2 N–H and O–H groups in total. The fourth-order valence-electron chi connectivity index (χ4n) is 8.18. The predicted octanol–water partition coefficient (Wildman–Crippen LogP) is 3.76. The van der Waals surface area contributed by atoms with Gasteiger partial charge in [0, 0.05) is 42.1 Å². The molecule has 5 aliphatic rings. The number of nitrogens with zero attached hydrogens (tertiary/aromatic N) is 3. The van der Waals surface area contributed by atoms with Crippen LogP contribution < -0.4 is 5.32 Å². The van der Waals surface area contributed by atoms with Gasteiger partial charge in [-0.15, -0.1) is 0 Å². The SMILES string of the molecule is CC(C)CC1C(=O)N2CCCC2C2(OBr)OC(NC(=O)C3C=C4c5cccc6[nH]cc(c56)CC4N(C)C3)(C(C)C)C(=O)N12. The Morgan fingerprint density at radius 2 is 2.05 bits per heavy atom. The van der Waals surface area contributed by atoms with E-state index >= 15 is 0 Å². The van der Waals surface area contributed by atoms with Crippen molar-refractivity contribution in [3.8, 4) is 0 Å². The molecule has 3 saturated heterocycles. The Balaban J connectivity index is 1.26. The molecule has 3 fully saturated rings. The zero-order valence-corrected chi connectivity index (χ0v) is 26.9. The zero-order chi connectivity index (χ0) is 30.4. The van der Waals surface area contributed by atoms with Crippen LogP contribution in [0.1, 0.15) is 58.1 Å². The first-order valence-corrected chi connectivity index (χ1v) is 16.1. The normalized spacial score (nSPS) is 33.7. The quantitative estimate of drug-likeness (QED) is 0.492. The highest BCUT2D eigenvalue weighted by molar-refractivity contribution is 9.06. The average Bonchev–Trinajstić information content (AvgIpc) is 3.69. The van der Waals surface area contributed by atoms with Crippen molar-refractivity contribution in [2.24, 2.45) is 17.8 Å². The third kappa shape index (κ3) is 4.04. The summed E-state index contributed by atoms with van der Waals surface area (Å²) in [6.45, 7) is 8.87. The van der Waals surface area contributed by atoms with Crippen molar-refractivity contribution < 1.29 is 22.9 Å². The van der Waals surface area contributed by atoms with Crippen molar-refractivity contribution in [3.05, 3.63) is 41.6 Å². The first-order valence-electron chi connectivity index (χ1n) is 15.5. The molecule has 43 heavy (non-hydrogen) atoms. The van der Waals surface area contributed by atoms with E-state index in [0.717, 1.165) is 29.5 Å². The van der Waals surface area contributed by atoms with Crippen LogP contribution in [0.25, 0.3) is 16.5 Å². The molecule has 11 heteroatoms. The highest BCUT2D eigenvalue weighted by atomic mass is 79.9. The first kappa shape index (κ1) is 29.0. The molecule has 3 amide bonds. The second-order valence-corrected chi connectivity index (χ2v) is 14.0. The number of aromatic nitrogens is 1. The maximum absolute atomic E-state index is 14.6. The summed E-state index contributed by atoms with van der Waals surface area (Å²) in [5, 5.41) is 4.30. The number of ether oxygens (including phenoxy) is 1. The summed E-state index contributed by atoms with van der Waals surface area (Å²) in [4.78, 5) is 51.5. The van der Waals surface area contributed by atoms with Crippen molar-refractivity contribution in [2.75, 3.05) is 20.1 Å². The number of carbonyl (C=O) groups is 3. The largest absolute Gasteiger partial charge is 0.361 e. The summed E-state index contributed by atoms with van der Waals surface area (Å²) < 4.78 is 12.7. The van der Waals surface area contributed by atoms with E-state index in [2.05, 4.69) is 62.9 Å². The minimum absolute atomic E-state index is 0.0838. The van der Waals surface area contributed by atoms with Crippen molar-refractivity contribution >= 4 is 50.5 Å². The molecule has 1 aromatic carbocycles. The van der Waals surface area contributed by atoms with Gasteiger partial charge in [-0.3, -0.25) is 32.7 Å². The molecular formula is C32H40BrN5O5. The van der Waals surface area contributed by atoms with E-state index in [9.17, 15) is 14.4 Å². The maximum Gasteiger partial charge on any atom is 0.289 e. The fraction of sp³-hybridized carbons (Fsp3) is 0.594. The van der Waals surface area contributed by atoms with Gasteiger partial charge in [0.1, 0.15) is 28.3 Å². The lowest BCUT2D eigenvalue weighted by molar-refractivity contribution is -0.298. The number of carbonyl (C=O) groups excluding carboxylic acids is 3. The molecule has 2 aromatic rings. The summed E-state index contributed by atoms with van der Waals surface area (Å²) in [6.07, 6.45) is 6.91. The van der Waals surface area contributed by atoms with Crippen LogP contribution in [0.3, 0.4) is 0 Å². The Hall–Kier alpha value is -2.73. The number of hydrogen-bond donors (Lipinski definition) is 2. The molecule has 5 heterocycles. The van der Waals surface area contributed by atoms with Gasteiger partial charge in [0.15, 0.2) is 0 Å². The molecule has 230 valence electrons. The topological polar surface area (TPSA) is 107 Å². The number of likely N-dealkylation sites (N-methyl/N-ethyl adjacent to an activating group) is 1. The van der Waals surface area contributed by atoms with Gasteiger partial charge in [-0.1, -0.05) is 45.9 Å². The lowest BCUT2D eigenvalue weighted by atomic mass is 9.79. The molecule has 1 aliphatic carbocycles. The second-order valence-electron chi connectivity index (χ2n) is 13.6. The molecule has 0 bridgehead atoms. The number of fused-ring (bicyclic) bond motifs is 5. The third-order valence-corrected chi connectivity index (χ3v) is 10.7. The van der Waals surface area contributed by atoms with Gasteiger partial charge >= 0.3 is 0 Å². The average molecular weight is 655 g/mol. The number of H-pyrrole nitrogens is 1. The zero-order valence-electron chi connectivity index (χ0n) is 25.4. The van der Waals surface area contributed by atoms with E-state index in [1.54, 1.807) is 4.90 Å². The van der Waals surface area contributed by atoms with Gasteiger partial charge < -0.3 is 15.2 Å². The summed E-state index contributed by atoms with van der Waals surface area (Å²) in [5.41, 5.74) is 2.95. The van der Waals surface area contributed by atoms with Crippen LogP contribution in [0, 0.1) is 17.8 Å². The fourth-order valence-corrected chi connectivity index (χ4v) is 8.62. The monoisotopic (exact) mass is 653 g/mol. The number of piperazine rings is 1. The summed E-state index contributed by atoms with van der Waals surface area (Å²) in [5.74, 6) is -3.15. The molecule has 6 atom stereocenters. The molecule has 6 unspecified atom stereocenters. The minimum atomic E-state index is -1.70. The van der Waals surface area contributed by atoms with Crippen LogP contribution in [0.15, 0.2) is 30.5 Å². The molecule has 4 aliphatic heterocycles. The molecular weight excluding hydrogens is 614 g/mol. The summed E-state index contributed by atoms with van der Waals surface area (Å²) in [7, 11) is 2.05. The van der Waals surface area contributed by atoms with Crippen LogP contribution >= 0.6 is 16.3 Å². The maximum atomic E-state index is 14.6. The van der Waals surface area contributed by atoms with E-state index in [-0.39, 0.29) is 23.8 Å². The van der Waals surface area contributed by atoms with E-state index in [1.165, 1.54) is 15.8 Å². The molecule has 0 radical (unpaired) electrons. The van der Waals surface area contributed by atoms with Crippen molar-refractivity contribution in [3.63, 3.8) is 0 Å². The predicted molar refractivity (Wildman–Crippen MR) is 164 cm³/mol. The van der Waals surface area contributed by atoms with Crippen LogP contribution in [-0.2, 0) is 29.4 Å². The van der Waals surface area contributed by atoms with Crippen LogP contribution in [0.4, 0.5) is 0 Å². The Labute approximate surface area is 260 Å². The number of amides is 3. The third-order valence-electron chi connectivity index (χ3n) is 10.3. The van der Waals surface area contributed by atoms with Gasteiger partial charge in [-0.2, -0.15) is 0 Å². The second kappa shape index (κ2) is 10.2. The standard InChI is InChI=1S/C32H40BrN5O5/c1-17(2)12-25-29(40)37-11-7-10-26(37)32(43-33)38(25)30(41)31(42-32,18(3)4)35-28(39)20-13-22-21-8-6-9-23-27(21)19(15-34-23)14-24(22)36(5)16-20/h6,8-9,13,15,17-18,20,24-26,34H,7,10-12,14,16H2,1-5H3,(H,35,39).